The van der Waals surface area contributed by atoms with Gasteiger partial charge in [0.25, 0.3) is 0 Å². The van der Waals surface area contributed by atoms with E-state index >= 15 is 0 Å². The van der Waals surface area contributed by atoms with Gasteiger partial charge in [-0.1, -0.05) is 72.8 Å². The van der Waals surface area contributed by atoms with E-state index in [9.17, 15) is 0 Å². The van der Waals surface area contributed by atoms with Crippen molar-refractivity contribution in [2.24, 2.45) is 0 Å². The summed E-state index contributed by atoms with van der Waals surface area (Å²) in [7, 11) is 0. The molecule has 0 saturated heterocycles. The van der Waals surface area contributed by atoms with Crippen molar-refractivity contribution in [1.29, 1.82) is 0 Å². The topological polar surface area (TPSA) is 0 Å². The fraction of sp³-hybridized carbons (Fsp3) is 0.111. The lowest BCUT2D eigenvalue weighted by Gasteiger charge is -2.14. The highest BCUT2D eigenvalue weighted by atomic mass is 14.1. The summed E-state index contributed by atoms with van der Waals surface area (Å²) in [5.41, 5.74) is 4.49. The summed E-state index contributed by atoms with van der Waals surface area (Å²) in [6.45, 7) is 0. The van der Waals surface area contributed by atoms with Crippen LogP contribution in [-0.4, -0.2) is 0 Å². The van der Waals surface area contributed by atoms with Gasteiger partial charge in [-0.2, -0.15) is 0 Å². The molecule has 0 aliphatic heterocycles. The number of benzene rings is 2. The van der Waals surface area contributed by atoms with Crippen LogP contribution in [-0.2, 0) is 0 Å². The van der Waals surface area contributed by atoms with Gasteiger partial charge < -0.3 is 0 Å². The second-order valence-corrected chi connectivity index (χ2v) is 4.34. The SMILES string of the molecule is [2H]C1([2H])C=CC=C(c2ccccc2-c2ccccc2)C1. The molecule has 0 spiro atoms. The Labute approximate surface area is 111 Å². The number of hydrogen-bond donors (Lipinski definition) is 0. The van der Waals surface area contributed by atoms with E-state index in [1.54, 1.807) is 6.08 Å². The Morgan fingerprint density at radius 2 is 1.56 bits per heavy atom. The van der Waals surface area contributed by atoms with Gasteiger partial charge in [0.1, 0.15) is 0 Å². The van der Waals surface area contributed by atoms with Crippen LogP contribution < -0.4 is 0 Å². The molecular formula is C18H16. The van der Waals surface area contributed by atoms with E-state index in [0.29, 0.717) is 6.42 Å². The molecule has 1 aliphatic carbocycles. The average molecular weight is 234 g/mol. The number of allylic oxidation sites excluding steroid dienone is 4. The van der Waals surface area contributed by atoms with Crippen molar-refractivity contribution < 1.29 is 2.74 Å². The third-order valence-electron chi connectivity index (χ3n) is 3.16. The molecule has 0 radical (unpaired) electrons. The Bertz CT molecular complexity index is 667. The van der Waals surface area contributed by atoms with E-state index in [-0.39, 0.29) is 0 Å². The minimum Gasteiger partial charge on any atom is -0.0842 e. The van der Waals surface area contributed by atoms with Gasteiger partial charge in [-0.15, -0.1) is 0 Å². The monoisotopic (exact) mass is 234 g/mol. The van der Waals surface area contributed by atoms with Crippen LogP contribution in [0.25, 0.3) is 16.7 Å². The Morgan fingerprint density at radius 3 is 2.33 bits per heavy atom. The smallest absolute Gasteiger partial charge is 0.0313 e. The van der Waals surface area contributed by atoms with Gasteiger partial charge in [0, 0.05) is 2.74 Å². The summed E-state index contributed by atoms with van der Waals surface area (Å²) in [6, 6.07) is 18.5. The lowest BCUT2D eigenvalue weighted by molar-refractivity contribution is 1.05. The van der Waals surface area contributed by atoms with Crippen molar-refractivity contribution in [3.63, 3.8) is 0 Å². The van der Waals surface area contributed by atoms with Crippen LogP contribution >= 0.6 is 0 Å². The van der Waals surface area contributed by atoms with Gasteiger partial charge >= 0.3 is 0 Å². The molecule has 0 bridgehead atoms. The summed E-state index contributed by atoms with van der Waals surface area (Å²) < 4.78 is 15.8. The third-order valence-corrected chi connectivity index (χ3v) is 3.16. The largest absolute Gasteiger partial charge is 0.0842 e. The summed E-state index contributed by atoms with van der Waals surface area (Å²) in [6.07, 6.45) is 4.63. The standard InChI is InChI=1S/C18H16/c1-3-9-15(10-4-1)17-13-7-8-14-18(17)16-11-5-2-6-12-16/h1-5,7-11,13-14H,6,12H2/i6D2. The third kappa shape index (κ3) is 2.14. The summed E-state index contributed by atoms with van der Waals surface area (Å²) in [5, 5.41) is 0. The van der Waals surface area contributed by atoms with Crippen LogP contribution in [0.1, 0.15) is 21.1 Å². The molecule has 88 valence electrons. The van der Waals surface area contributed by atoms with E-state index < -0.39 is 6.37 Å². The summed E-state index contributed by atoms with van der Waals surface area (Å²) in [5.74, 6) is 0. The molecule has 2 aromatic rings. The van der Waals surface area contributed by atoms with Crippen molar-refractivity contribution in [3.8, 4) is 11.1 Å². The molecule has 0 nitrogen and oxygen atoms in total. The molecular weight excluding hydrogens is 216 g/mol. The second kappa shape index (κ2) is 5.05. The highest BCUT2D eigenvalue weighted by Crippen LogP contribution is 2.32. The zero-order chi connectivity index (χ0) is 14.0. The molecule has 0 amide bonds. The summed E-state index contributed by atoms with van der Waals surface area (Å²) in [4.78, 5) is 0. The zero-order valence-electron chi connectivity index (χ0n) is 12.1. The van der Waals surface area contributed by atoms with Crippen LogP contribution in [0.4, 0.5) is 0 Å². The van der Waals surface area contributed by atoms with Gasteiger partial charge in [-0.25, -0.2) is 0 Å². The Hall–Kier alpha value is -2.08. The molecule has 0 N–H and O–H groups in total. The molecule has 2 aromatic carbocycles. The maximum absolute atomic E-state index is 7.92. The fourth-order valence-corrected chi connectivity index (χ4v) is 2.28. The zero-order valence-corrected chi connectivity index (χ0v) is 10.1. The van der Waals surface area contributed by atoms with Crippen molar-refractivity contribution in [3.05, 3.63) is 78.4 Å². The van der Waals surface area contributed by atoms with Gasteiger partial charge in [0.15, 0.2) is 0 Å². The van der Waals surface area contributed by atoms with Crippen LogP contribution in [0.3, 0.4) is 0 Å². The van der Waals surface area contributed by atoms with Crippen molar-refractivity contribution >= 4 is 5.57 Å². The normalized spacial score (nSPS) is 18.8. The predicted molar refractivity (Wildman–Crippen MR) is 78.2 cm³/mol. The van der Waals surface area contributed by atoms with Gasteiger partial charge in [-0.3, -0.25) is 0 Å². The number of rotatable bonds is 2. The molecule has 0 fully saturated rings. The highest BCUT2D eigenvalue weighted by Gasteiger charge is 2.09. The lowest BCUT2D eigenvalue weighted by Crippen LogP contribution is -1.91. The van der Waals surface area contributed by atoms with Gasteiger partial charge in [-0.05, 0) is 35.1 Å². The maximum Gasteiger partial charge on any atom is 0.0313 e. The van der Waals surface area contributed by atoms with E-state index in [1.807, 2.05) is 42.5 Å². The molecule has 0 atom stereocenters. The summed E-state index contributed by atoms with van der Waals surface area (Å²) >= 11 is 0. The predicted octanol–water partition coefficient (Wildman–Crippen LogP) is 5.09. The van der Waals surface area contributed by atoms with E-state index in [0.717, 1.165) is 16.7 Å². The van der Waals surface area contributed by atoms with Crippen LogP contribution in [0.2, 0.25) is 0 Å². The first-order valence-corrected chi connectivity index (χ1v) is 6.19. The first kappa shape index (κ1) is 8.93. The minimum atomic E-state index is -1.26. The first-order valence-electron chi connectivity index (χ1n) is 7.19. The maximum atomic E-state index is 7.92. The molecule has 3 rings (SSSR count). The Balaban J connectivity index is 2.08. The molecule has 1 aliphatic rings. The molecule has 0 heterocycles. The molecule has 0 saturated carbocycles. The quantitative estimate of drug-likeness (QED) is 0.679. The molecule has 0 unspecified atom stereocenters. The Kier molecular flexibility index (Phi) is 2.51. The van der Waals surface area contributed by atoms with Crippen LogP contribution in [0.5, 0.6) is 0 Å². The minimum absolute atomic E-state index is 0.424. The van der Waals surface area contributed by atoms with E-state index in [4.69, 9.17) is 2.74 Å². The molecule has 0 aromatic heterocycles. The van der Waals surface area contributed by atoms with Crippen LogP contribution in [0.15, 0.2) is 72.8 Å². The second-order valence-electron chi connectivity index (χ2n) is 4.34. The molecule has 0 heteroatoms. The molecule has 18 heavy (non-hydrogen) atoms. The van der Waals surface area contributed by atoms with Crippen molar-refractivity contribution in [2.45, 2.75) is 12.8 Å². The number of hydrogen-bond acceptors (Lipinski definition) is 0. The van der Waals surface area contributed by atoms with Crippen molar-refractivity contribution in [1.82, 2.24) is 0 Å². The van der Waals surface area contributed by atoms with E-state index in [2.05, 4.69) is 24.3 Å². The van der Waals surface area contributed by atoms with Crippen LogP contribution in [0, 0.1) is 0 Å². The highest BCUT2D eigenvalue weighted by molar-refractivity contribution is 5.82. The van der Waals surface area contributed by atoms with Crippen molar-refractivity contribution in [2.75, 3.05) is 0 Å². The van der Waals surface area contributed by atoms with Gasteiger partial charge in [0.2, 0.25) is 0 Å². The Morgan fingerprint density at radius 1 is 0.833 bits per heavy atom. The lowest BCUT2D eigenvalue weighted by atomic mass is 9.90. The fourth-order valence-electron chi connectivity index (χ4n) is 2.28. The van der Waals surface area contributed by atoms with Gasteiger partial charge in [0.05, 0.1) is 0 Å². The average Bonchev–Trinajstić information content (AvgIpc) is 2.47. The first-order chi connectivity index (χ1) is 9.66. The van der Waals surface area contributed by atoms with E-state index in [1.165, 1.54) is 5.56 Å².